The molecular formula is C15H20N2O. The number of likely N-dealkylation sites (tertiary alicyclic amines) is 1. The first-order chi connectivity index (χ1) is 8.38. The van der Waals surface area contributed by atoms with Crippen LogP contribution >= 0.6 is 0 Å². The van der Waals surface area contributed by atoms with E-state index in [9.17, 15) is 10.4 Å². The van der Waals surface area contributed by atoms with E-state index in [-0.39, 0.29) is 11.6 Å². The Morgan fingerprint density at radius 2 is 1.94 bits per heavy atom. The summed E-state index contributed by atoms with van der Waals surface area (Å²) >= 11 is 0. The number of nitrogens with zero attached hydrogens (tertiary/aromatic N) is 2. The Morgan fingerprint density at radius 3 is 2.50 bits per heavy atom. The lowest BCUT2D eigenvalue weighted by Gasteiger charge is -2.50. The fourth-order valence-corrected chi connectivity index (χ4v) is 2.89. The minimum atomic E-state index is -1.23. The first-order valence-electron chi connectivity index (χ1n) is 6.29. The maximum atomic E-state index is 10.4. The van der Waals surface area contributed by atoms with Crippen LogP contribution < -0.4 is 0 Å². The second-order valence-electron chi connectivity index (χ2n) is 5.87. The van der Waals surface area contributed by atoms with Crippen molar-refractivity contribution < 1.29 is 5.11 Å². The molecule has 1 aliphatic rings. The Bertz CT molecular complexity index is 463. The molecule has 0 amide bonds. The molecule has 96 valence electrons. The number of piperidine rings is 1. The average Bonchev–Trinajstić information content (AvgIpc) is 2.34. The van der Waals surface area contributed by atoms with E-state index in [2.05, 4.69) is 44.0 Å². The van der Waals surface area contributed by atoms with Crippen LogP contribution in [0.15, 0.2) is 30.3 Å². The highest BCUT2D eigenvalue weighted by molar-refractivity contribution is 5.24. The molecule has 3 nitrogen and oxygen atoms in total. The highest BCUT2D eigenvalue weighted by Crippen LogP contribution is 2.43. The normalized spacial score (nSPS) is 31.8. The number of hydrogen-bond acceptors (Lipinski definition) is 3. The van der Waals surface area contributed by atoms with Gasteiger partial charge in [0.1, 0.15) is 0 Å². The minimum absolute atomic E-state index is 0.0830. The summed E-state index contributed by atoms with van der Waals surface area (Å²) in [6.07, 6.45) is 0.948. The lowest BCUT2D eigenvalue weighted by Crippen LogP contribution is -2.55. The van der Waals surface area contributed by atoms with Gasteiger partial charge in [-0.3, -0.25) is 4.90 Å². The third kappa shape index (κ3) is 2.27. The van der Waals surface area contributed by atoms with Gasteiger partial charge in [-0.25, -0.2) is 0 Å². The van der Waals surface area contributed by atoms with E-state index in [1.165, 1.54) is 0 Å². The van der Waals surface area contributed by atoms with Crippen LogP contribution in [0.5, 0.6) is 0 Å². The standard InChI is InChI=1S/C15H20N2O/c1-14(2)10-15(18,11-16)9-13(17(14)3)12-7-5-4-6-8-12/h4-8,13,18H,9-10H2,1-3H3. The van der Waals surface area contributed by atoms with Crippen molar-refractivity contribution in [3.05, 3.63) is 35.9 Å². The zero-order valence-corrected chi connectivity index (χ0v) is 11.2. The topological polar surface area (TPSA) is 47.3 Å². The Morgan fingerprint density at radius 1 is 1.33 bits per heavy atom. The van der Waals surface area contributed by atoms with Crippen molar-refractivity contribution in [1.82, 2.24) is 4.90 Å². The fourth-order valence-electron chi connectivity index (χ4n) is 2.89. The quantitative estimate of drug-likeness (QED) is 0.772. The van der Waals surface area contributed by atoms with Crippen LogP contribution in [-0.2, 0) is 0 Å². The van der Waals surface area contributed by atoms with Crippen molar-refractivity contribution in [2.24, 2.45) is 0 Å². The third-order valence-corrected chi connectivity index (χ3v) is 4.07. The molecule has 0 radical (unpaired) electrons. The van der Waals surface area contributed by atoms with Crippen molar-refractivity contribution in [2.45, 2.75) is 43.9 Å². The maximum Gasteiger partial charge on any atom is 0.154 e. The molecule has 1 aliphatic heterocycles. The SMILES string of the molecule is CN1C(c2ccccc2)CC(O)(C#N)CC1(C)C. The van der Waals surface area contributed by atoms with Gasteiger partial charge in [-0.1, -0.05) is 30.3 Å². The van der Waals surface area contributed by atoms with E-state index in [4.69, 9.17) is 0 Å². The summed E-state index contributed by atoms with van der Waals surface area (Å²) in [5.41, 5.74) is -0.263. The third-order valence-electron chi connectivity index (χ3n) is 4.07. The molecule has 1 N–H and O–H groups in total. The zero-order chi connectivity index (χ0) is 13.4. The molecule has 0 saturated carbocycles. The number of rotatable bonds is 1. The highest BCUT2D eigenvalue weighted by Gasteiger charge is 2.46. The van der Waals surface area contributed by atoms with Gasteiger partial charge in [0.05, 0.1) is 6.07 Å². The summed E-state index contributed by atoms with van der Waals surface area (Å²) in [5.74, 6) is 0. The lowest BCUT2D eigenvalue weighted by atomic mass is 9.75. The molecule has 1 fully saturated rings. The molecular weight excluding hydrogens is 224 g/mol. The molecule has 2 rings (SSSR count). The molecule has 0 spiro atoms. The second kappa shape index (κ2) is 4.38. The van der Waals surface area contributed by atoms with Crippen molar-refractivity contribution >= 4 is 0 Å². The molecule has 2 atom stereocenters. The van der Waals surface area contributed by atoms with Gasteiger partial charge in [-0.15, -0.1) is 0 Å². The predicted molar refractivity (Wildman–Crippen MR) is 70.8 cm³/mol. The van der Waals surface area contributed by atoms with E-state index in [0.29, 0.717) is 12.8 Å². The summed E-state index contributed by atoms with van der Waals surface area (Å²) in [4.78, 5) is 2.26. The van der Waals surface area contributed by atoms with Crippen molar-refractivity contribution in [3.63, 3.8) is 0 Å². The smallest absolute Gasteiger partial charge is 0.154 e. The Labute approximate surface area is 109 Å². The molecule has 1 aromatic carbocycles. The van der Waals surface area contributed by atoms with E-state index in [1.807, 2.05) is 18.2 Å². The predicted octanol–water partition coefficient (Wildman–Crippen LogP) is 2.49. The summed E-state index contributed by atoms with van der Waals surface area (Å²) < 4.78 is 0. The number of hydrogen-bond donors (Lipinski definition) is 1. The van der Waals surface area contributed by atoms with Gasteiger partial charge in [0.2, 0.25) is 0 Å². The van der Waals surface area contributed by atoms with Gasteiger partial charge < -0.3 is 5.11 Å². The number of aliphatic hydroxyl groups is 1. The van der Waals surface area contributed by atoms with Gasteiger partial charge in [-0.05, 0) is 26.5 Å². The van der Waals surface area contributed by atoms with Gasteiger partial charge in [-0.2, -0.15) is 5.26 Å². The largest absolute Gasteiger partial charge is 0.375 e. The van der Waals surface area contributed by atoms with E-state index >= 15 is 0 Å². The molecule has 0 aliphatic carbocycles. The average molecular weight is 244 g/mol. The summed E-state index contributed by atoms with van der Waals surface area (Å²) in [5, 5.41) is 19.6. The second-order valence-corrected chi connectivity index (χ2v) is 5.87. The Balaban J connectivity index is 2.38. The first-order valence-corrected chi connectivity index (χ1v) is 6.29. The van der Waals surface area contributed by atoms with E-state index in [0.717, 1.165) is 5.56 Å². The van der Waals surface area contributed by atoms with Gasteiger partial charge in [0, 0.05) is 24.4 Å². The Hall–Kier alpha value is -1.37. The molecule has 1 aromatic rings. The van der Waals surface area contributed by atoms with Crippen LogP contribution in [0.3, 0.4) is 0 Å². The van der Waals surface area contributed by atoms with E-state index < -0.39 is 5.60 Å². The monoisotopic (exact) mass is 244 g/mol. The number of nitriles is 1. The summed E-state index contributed by atoms with van der Waals surface area (Å²) in [7, 11) is 2.06. The maximum absolute atomic E-state index is 10.4. The molecule has 1 heterocycles. The summed E-state index contributed by atoms with van der Waals surface area (Å²) in [6.45, 7) is 4.15. The van der Waals surface area contributed by atoms with Crippen molar-refractivity contribution in [2.75, 3.05) is 7.05 Å². The molecule has 1 saturated heterocycles. The summed E-state index contributed by atoms with van der Waals surface area (Å²) in [6, 6.07) is 12.3. The van der Waals surface area contributed by atoms with E-state index in [1.54, 1.807) is 0 Å². The fraction of sp³-hybridized carbons (Fsp3) is 0.533. The first kappa shape index (κ1) is 13.1. The van der Waals surface area contributed by atoms with Crippen molar-refractivity contribution in [1.29, 1.82) is 5.26 Å². The van der Waals surface area contributed by atoms with Gasteiger partial charge in [0.15, 0.2) is 5.60 Å². The molecule has 18 heavy (non-hydrogen) atoms. The van der Waals surface area contributed by atoms with Crippen LogP contribution in [0.2, 0.25) is 0 Å². The molecule has 3 heteroatoms. The van der Waals surface area contributed by atoms with Crippen LogP contribution in [0.4, 0.5) is 0 Å². The molecule has 2 unspecified atom stereocenters. The zero-order valence-electron chi connectivity index (χ0n) is 11.2. The Kier molecular flexibility index (Phi) is 3.18. The minimum Gasteiger partial charge on any atom is -0.375 e. The number of benzene rings is 1. The van der Waals surface area contributed by atoms with Crippen molar-refractivity contribution in [3.8, 4) is 6.07 Å². The lowest BCUT2D eigenvalue weighted by molar-refractivity contribution is -0.0643. The highest BCUT2D eigenvalue weighted by atomic mass is 16.3. The van der Waals surface area contributed by atoms with Gasteiger partial charge in [0.25, 0.3) is 0 Å². The molecule has 0 bridgehead atoms. The van der Waals surface area contributed by atoms with Crippen LogP contribution in [0.1, 0.15) is 38.3 Å². The molecule has 0 aromatic heterocycles. The van der Waals surface area contributed by atoms with Gasteiger partial charge >= 0.3 is 0 Å². The van der Waals surface area contributed by atoms with Crippen LogP contribution in [-0.4, -0.2) is 28.2 Å². The van der Waals surface area contributed by atoms with Crippen LogP contribution in [0.25, 0.3) is 0 Å². The van der Waals surface area contributed by atoms with Crippen LogP contribution in [0, 0.1) is 11.3 Å².